The van der Waals surface area contributed by atoms with Gasteiger partial charge in [-0.2, -0.15) is 0 Å². The molecule has 0 aliphatic carbocycles. The highest BCUT2D eigenvalue weighted by atomic mass is 16.7. The minimum absolute atomic E-state index is 0.148. The van der Waals surface area contributed by atoms with Crippen LogP contribution in [-0.4, -0.2) is 48.7 Å². The van der Waals surface area contributed by atoms with Crippen molar-refractivity contribution in [2.24, 2.45) is 0 Å². The highest BCUT2D eigenvalue weighted by Gasteiger charge is 2.22. The molecule has 1 aromatic carbocycles. The number of pyridine rings is 1. The molecule has 0 bridgehead atoms. The monoisotopic (exact) mass is 368 g/mol. The molecule has 1 fully saturated rings. The molecule has 144 valence electrons. The molecule has 6 nitrogen and oxygen atoms in total. The number of rotatable bonds is 8. The molecular formula is C21H28N4O2. The molecular weight excluding hydrogens is 340 g/mol. The summed E-state index contributed by atoms with van der Waals surface area (Å²) in [6, 6.07) is 14.2. The molecule has 3 rings (SSSR count). The number of carbonyl (C=O) groups excluding carboxylic acids is 1. The molecule has 0 atom stereocenters. The summed E-state index contributed by atoms with van der Waals surface area (Å²) in [7, 11) is 0. The average molecular weight is 368 g/mol. The maximum absolute atomic E-state index is 12.1. The van der Waals surface area contributed by atoms with Gasteiger partial charge in [-0.15, -0.1) is 5.06 Å². The quantitative estimate of drug-likeness (QED) is 0.773. The average Bonchev–Trinajstić information content (AvgIpc) is 2.70. The van der Waals surface area contributed by atoms with Gasteiger partial charge in [0.1, 0.15) is 0 Å². The lowest BCUT2D eigenvalue weighted by Crippen LogP contribution is -2.47. The van der Waals surface area contributed by atoms with Crippen molar-refractivity contribution in [1.29, 1.82) is 0 Å². The second kappa shape index (κ2) is 9.92. The van der Waals surface area contributed by atoms with Gasteiger partial charge < -0.3 is 15.1 Å². The van der Waals surface area contributed by atoms with Gasteiger partial charge in [-0.3, -0.25) is 4.79 Å². The van der Waals surface area contributed by atoms with Crippen LogP contribution in [0.4, 0.5) is 11.5 Å². The van der Waals surface area contributed by atoms with Crippen LogP contribution in [0, 0.1) is 0 Å². The van der Waals surface area contributed by atoms with Crippen LogP contribution in [0.25, 0.3) is 0 Å². The molecule has 6 heteroatoms. The summed E-state index contributed by atoms with van der Waals surface area (Å²) in [5.41, 5.74) is 2.30. The maximum Gasteiger partial charge on any atom is 0.325 e. The van der Waals surface area contributed by atoms with Crippen molar-refractivity contribution in [1.82, 2.24) is 10.0 Å². The molecule has 0 saturated carbocycles. The molecule has 0 spiro atoms. The second-order valence-electron chi connectivity index (χ2n) is 6.62. The summed E-state index contributed by atoms with van der Waals surface area (Å²) in [6.07, 6.45) is 3.97. The zero-order valence-corrected chi connectivity index (χ0v) is 15.9. The minimum atomic E-state index is -0.148. The number of hydrogen-bond acceptors (Lipinski definition) is 6. The van der Waals surface area contributed by atoms with Crippen molar-refractivity contribution in [3.63, 3.8) is 0 Å². The van der Waals surface area contributed by atoms with Gasteiger partial charge in [-0.25, -0.2) is 4.98 Å². The Labute approximate surface area is 161 Å². The number of aryl methyl sites for hydroxylation is 1. The van der Waals surface area contributed by atoms with Crippen molar-refractivity contribution < 1.29 is 9.63 Å². The first-order valence-electron chi connectivity index (χ1n) is 9.69. The third-order valence-electron chi connectivity index (χ3n) is 4.61. The third kappa shape index (κ3) is 5.69. The standard InChI is InChI=1S/C21H28N4O2/c1-2-22-19-11-7-13-23-21(19)24-14-16-25(17-15-24)27-20(26)12-6-10-18-8-4-3-5-9-18/h3-5,7-9,11,13,22H,2,6,10,12,14-17H2,1H3. The van der Waals surface area contributed by atoms with E-state index in [0.717, 1.165) is 44.0 Å². The predicted octanol–water partition coefficient (Wildman–Crippen LogP) is 3.12. The van der Waals surface area contributed by atoms with Crippen molar-refractivity contribution in [2.45, 2.75) is 26.2 Å². The van der Waals surface area contributed by atoms with Gasteiger partial charge in [0.25, 0.3) is 0 Å². The number of anilines is 2. The fraction of sp³-hybridized carbons (Fsp3) is 0.429. The number of hydroxylamine groups is 2. The molecule has 0 radical (unpaired) electrons. The molecule has 0 unspecified atom stereocenters. The van der Waals surface area contributed by atoms with Crippen molar-refractivity contribution in [2.75, 3.05) is 42.9 Å². The Balaban J connectivity index is 1.41. The molecule has 1 N–H and O–H groups in total. The minimum Gasteiger partial charge on any atom is -0.382 e. The molecule has 0 amide bonds. The van der Waals surface area contributed by atoms with Crippen molar-refractivity contribution in [3.05, 3.63) is 54.2 Å². The van der Waals surface area contributed by atoms with Crippen LogP contribution >= 0.6 is 0 Å². The van der Waals surface area contributed by atoms with Gasteiger partial charge in [0, 0.05) is 32.3 Å². The molecule has 27 heavy (non-hydrogen) atoms. The number of nitrogens with zero attached hydrogens (tertiary/aromatic N) is 3. The van der Waals surface area contributed by atoms with E-state index < -0.39 is 0 Å². The van der Waals surface area contributed by atoms with Crippen molar-refractivity contribution >= 4 is 17.5 Å². The number of nitrogens with one attached hydrogen (secondary N) is 1. The molecule has 1 aromatic heterocycles. The van der Waals surface area contributed by atoms with E-state index in [4.69, 9.17) is 4.84 Å². The van der Waals surface area contributed by atoms with Crippen LogP contribution in [0.15, 0.2) is 48.7 Å². The maximum atomic E-state index is 12.1. The normalized spacial score (nSPS) is 14.8. The first-order valence-corrected chi connectivity index (χ1v) is 9.69. The van der Waals surface area contributed by atoms with E-state index in [1.807, 2.05) is 36.5 Å². The van der Waals surface area contributed by atoms with E-state index in [1.165, 1.54) is 5.56 Å². The smallest absolute Gasteiger partial charge is 0.325 e. The lowest BCUT2D eigenvalue weighted by atomic mass is 10.1. The first-order chi connectivity index (χ1) is 13.3. The Hall–Kier alpha value is -2.60. The zero-order valence-electron chi connectivity index (χ0n) is 15.9. The summed E-state index contributed by atoms with van der Waals surface area (Å²) >= 11 is 0. The number of piperazine rings is 1. The lowest BCUT2D eigenvalue weighted by Gasteiger charge is -2.34. The van der Waals surface area contributed by atoms with Gasteiger partial charge in [-0.1, -0.05) is 30.3 Å². The fourth-order valence-corrected chi connectivity index (χ4v) is 3.24. The SMILES string of the molecule is CCNc1cccnc1N1CCN(OC(=O)CCCc2ccccc2)CC1. The number of carbonyl (C=O) groups is 1. The molecule has 1 saturated heterocycles. The summed E-state index contributed by atoms with van der Waals surface area (Å²) in [5, 5.41) is 5.13. The number of hydrogen-bond donors (Lipinski definition) is 1. The number of benzene rings is 1. The predicted molar refractivity (Wildman–Crippen MR) is 108 cm³/mol. The summed E-state index contributed by atoms with van der Waals surface area (Å²) in [6.45, 7) is 5.88. The Morgan fingerprint density at radius 1 is 1.11 bits per heavy atom. The van der Waals surface area contributed by atoms with Crippen LogP contribution in [0.2, 0.25) is 0 Å². The van der Waals surface area contributed by atoms with E-state index in [0.29, 0.717) is 19.5 Å². The Morgan fingerprint density at radius 2 is 1.89 bits per heavy atom. The molecule has 2 heterocycles. The van der Waals surface area contributed by atoms with Gasteiger partial charge >= 0.3 is 5.97 Å². The van der Waals surface area contributed by atoms with Gasteiger partial charge in [-0.05, 0) is 37.5 Å². The topological polar surface area (TPSA) is 57.7 Å². The Bertz CT molecular complexity index is 715. The summed E-state index contributed by atoms with van der Waals surface area (Å²) in [5.74, 6) is 0.818. The summed E-state index contributed by atoms with van der Waals surface area (Å²) in [4.78, 5) is 24.4. The van der Waals surface area contributed by atoms with Crippen LogP contribution in [0.3, 0.4) is 0 Å². The number of aromatic nitrogens is 1. The summed E-state index contributed by atoms with van der Waals surface area (Å²) < 4.78 is 0. The Morgan fingerprint density at radius 3 is 2.63 bits per heavy atom. The van der Waals surface area contributed by atoms with E-state index >= 15 is 0 Å². The first kappa shape index (κ1) is 19.2. The highest BCUT2D eigenvalue weighted by molar-refractivity contribution is 5.69. The van der Waals surface area contributed by atoms with Crippen LogP contribution in [-0.2, 0) is 16.1 Å². The van der Waals surface area contributed by atoms with Gasteiger partial charge in [0.05, 0.1) is 18.8 Å². The molecule has 1 aliphatic rings. The van der Waals surface area contributed by atoms with E-state index in [1.54, 1.807) is 5.06 Å². The van der Waals surface area contributed by atoms with E-state index in [-0.39, 0.29) is 5.97 Å². The fourth-order valence-electron chi connectivity index (χ4n) is 3.24. The molecule has 2 aromatic rings. The molecule has 1 aliphatic heterocycles. The highest BCUT2D eigenvalue weighted by Crippen LogP contribution is 2.23. The third-order valence-corrected chi connectivity index (χ3v) is 4.61. The van der Waals surface area contributed by atoms with Crippen molar-refractivity contribution in [3.8, 4) is 0 Å². The van der Waals surface area contributed by atoms with E-state index in [9.17, 15) is 4.79 Å². The zero-order chi connectivity index (χ0) is 18.9. The van der Waals surface area contributed by atoms with Crippen LogP contribution in [0.5, 0.6) is 0 Å². The lowest BCUT2D eigenvalue weighted by molar-refractivity contribution is -0.191. The van der Waals surface area contributed by atoms with Gasteiger partial charge in [0.2, 0.25) is 0 Å². The van der Waals surface area contributed by atoms with Crippen LogP contribution < -0.4 is 10.2 Å². The van der Waals surface area contributed by atoms with E-state index in [2.05, 4.69) is 34.3 Å². The second-order valence-corrected chi connectivity index (χ2v) is 6.62. The van der Waals surface area contributed by atoms with Crippen LogP contribution in [0.1, 0.15) is 25.3 Å². The largest absolute Gasteiger partial charge is 0.382 e. The van der Waals surface area contributed by atoms with Gasteiger partial charge in [0.15, 0.2) is 5.82 Å². The Kier molecular flexibility index (Phi) is 7.04.